The second kappa shape index (κ2) is 8.94. The molecule has 0 saturated carbocycles. The predicted molar refractivity (Wildman–Crippen MR) is 139 cm³/mol. The number of nitrogens with one attached hydrogen (secondary N) is 1. The van der Waals surface area contributed by atoms with Gasteiger partial charge >= 0.3 is 6.09 Å². The molecule has 4 heterocycles. The summed E-state index contributed by atoms with van der Waals surface area (Å²) in [4.78, 5) is 28.9. The summed E-state index contributed by atoms with van der Waals surface area (Å²) >= 11 is 0. The number of pyridine rings is 2. The van der Waals surface area contributed by atoms with Crippen LogP contribution in [0.4, 0.5) is 16.3 Å². The SMILES string of the molecule is CC(C)(C)OC(=O)N1CCN(c2[nH]c(-c3ccnc(-c4cnc5ccccc5c4)c3)cc2N)CC1. The minimum absolute atomic E-state index is 0.273. The molecule has 1 aliphatic heterocycles. The average Bonchev–Trinajstić information content (AvgIpc) is 3.24. The molecule has 1 amide bonds. The van der Waals surface area contributed by atoms with Gasteiger partial charge in [0.2, 0.25) is 0 Å². The van der Waals surface area contributed by atoms with Crippen LogP contribution in [0.2, 0.25) is 0 Å². The van der Waals surface area contributed by atoms with Crippen molar-refractivity contribution in [2.45, 2.75) is 26.4 Å². The van der Waals surface area contributed by atoms with Crippen LogP contribution in [0.5, 0.6) is 0 Å². The van der Waals surface area contributed by atoms with Crippen molar-refractivity contribution in [3.8, 4) is 22.5 Å². The van der Waals surface area contributed by atoms with Gasteiger partial charge in [-0.25, -0.2) is 4.79 Å². The maximum atomic E-state index is 12.4. The molecular weight excluding hydrogens is 440 g/mol. The number of aromatic amines is 1. The summed E-state index contributed by atoms with van der Waals surface area (Å²) in [5, 5.41) is 1.08. The zero-order chi connectivity index (χ0) is 24.6. The number of ether oxygens (including phenoxy) is 1. The fourth-order valence-corrected chi connectivity index (χ4v) is 4.28. The van der Waals surface area contributed by atoms with Crippen molar-refractivity contribution in [3.63, 3.8) is 0 Å². The lowest BCUT2D eigenvalue weighted by atomic mass is 10.1. The number of carbonyl (C=O) groups is 1. The molecule has 0 unspecified atom stereocenters. The molecule has 180 valence electrons. The molecule has 1 saturated heterocycles. The zero-order valence-electron chi connectivity index (χ0n) is 20.3. The van der Waals surface area contributed by atoms with Gasteiger partial charge < -0.3 is 25.3 Å². The first-order valence-electron chi connectivity index (χ1n) is 11.8. The molecule has 0 aliphatic carbocycles. The van der Waals surface area contributed by atoms with E-state index in [1.807, 2.05) is 63.4 Å². The van der Waals surface area contributed by atoms with Crippen molar-refractivity contribution >= 4 is 28.5 Å². The first-order chi connectivity index (χ1) is 16.8. The number of hydrogen-bond donors (Lipinski definition) is 2. The van der Waals surface area contributed by atoms with E-state index in [9.17, 15) is 4.79 Å². The molecule has 0 atom stereocenters. The molecule has 0 spiro atoms. The molecule has 8 nitrogen and oxygen atoms in total. The van der Waals surface area contributed by atoms with Crippen molar-refractivity contribution in [3.05, 3.63) is 60.9 Å². The minimum atomic E-state index is -0.501. The minimum Gasteiger partial charge on any atom is -0.444 e. The molecular formula is C27H30N6O2. The van der Waals surface area contributed by atoms with Gasteiger partial charge in [-0.3, -0.25) is 9.97 Å². The Kier molecular flexibility index (Phi) is 5.80. The number of nitrogen functional groups attached to an aromatic ring is 1. The maximum Gasteiger partial charge on any atom is 0.410 e. The van der Waals surface area contributed by atoms with E-state index in [1.165, 1.54) is 0 Å². The Balaban J connectivity index is 1.33. The van der Waals surface area contributed by atoms with Crippen LogP contribution in [0.1, 0.15) is 20.8 Å². The number of carbonyl (C=O) groups excluding carboxylic acids is 1. The van der Waals surface area contributed by atoms with Crippen molar-refractivity contribution in [2.24, 2.45) is 0 Å². The van der Waals surface area contributed by atoms with Crippen LogP contribution < -0.4 is 10.6 Å². The molecule has 1 aliphatic rings. The Morgan fingerprint density at radius 3 is 2.54 bits per heavy atom. The quantitative estimate of drug-likeness (QED) is 0.440. The lowest BCUT2D eigenvalue weighted by molar-refractivity contribution is 0.0240. The van der Waals surface area contributed by atoms with Gasteiger partial charge in [0.15, 0.2) is 0 Å². The smallest absolute Gasteiger partial charge is 0.410 e. The van der Waals surface area contributed by atoms with Gasteiger partial charge in [-0.1, -0.05) is 18.2 Å². The van der Waals surface area contributed by atoms with Gasteiger partial charge in [-0.05, 0) is 51.1 Å². The zero-order valence-corrected chi connectivity index (χ0v) is 20.3. The molecule has 1 fully saturated rings. The third kappa shape index (κ3) is 4.91. The molecule has 3 aromatic heterocycles. The van der Waals surface area contributed by atoms with E-state index in [4.69, 9.17) is 10.5 Å². The van der Waals surface area contributed by atoms with Gasteiger partial charge in [-0.2, -0.15) is 0 Å². The monoisotopic (exact) mass is 470 g/mol. The van der Waals surface area contributed by atoms with Gasteiger partial charge in [-0.15, -0.1) is 0 Å². The second-order valence-corrected chi connectivity index (χ2v) is 9.79. The van der Waals surface area contributed by atoms with Crippen LogP contribution in [0.15, 0.2) is 60.9 Å². The Labute approximate surface area is 204 Å². The summed E-state index contributed by atoms with van der Waals surface area (Å²) in [5.41, 5.74) is 11.3. The first-order valence-corrected chi connectivity index (χ1v) is 11.8. The number of fused-ring (bicyclic) bond motifs is 1. The number of aromatic nitrogens is 3. The van der Waals surface area contributed by atoms with Crippen LogP contribution in [-0.4, -0.2) is 57.7 Å². The van der Waals surface area contributed by atoms with Crippen LogP contribution in [0, 0.1) is 0 Å². The van der Waals surface area contributed by atoms with Crippen LogP contribution in [0.25, 0.3) is 33.4 Å². The highest BCUT2D eigenvalue weighted by Gasteiger charge is 2.27. The molecule has 4 aromatic rings. The van der Waals surface area contributed by atoms with Gasteiger partial charge in [0.05, 0.1) is 16.9 Å². The molecule has 0 bridgehead atoms. The van der Waals surface area contributed by atoms with Gasteiger partial charge in [0, 0.05) is 60.8 Å². The summed E-state index contributed by atoms with van der Waals surface area (Å²) in [7, 11) is 0. The number of amides is 1. The molecule has 5 rings (SSSR count). The molecule has 0 radical (unpaired) electrons. The van der Waals surface area contributed by atoms with Crippen molar-refractivity contribution in [1.29, 1.82) is 0 Å². The highest BCUT2D eigenvalue weighted by Crippen LogP contribution is 2.32. The number of nitrogens with zero attached hydrogens (tertiary/aromatic N) is 4. The summed E-state index contributed by atoms with van der Waals surface area (Å²) in [6, 6.07) is 16.1. The number of rotatable bonds is 3. The highest BCUT2D eigenvalue weighted by atomic mass is 16.6. The van der Waals surface area contributed by atoms with Gasteiger partial charge in [0.25, 0.3) is 0 Å². The number of para-hydroxylation sites is 1. The molecule has 3 N–H and O–H groups in total. The standard InChI is InChI=1S/C27H30N6O2/c1-27(2,3)35-26(34)33-12-10-32(11-13-33)25-21(28)16-24(31-25)19-8-9-29-23(15-19)20-14-18-6-4-5-7-22(18)30-17-20/h4-9,14-17,31H,10-13,28H2,1-3H3. The number of nitrogens with two attached hydrogens (primary N) is 1. The summed E-state index contributed by atoms with van der Waals surface area (Å²) in [5.74, 6) is 0.870. The van der Waals surface area contributed by atoms with Crippen LogP contribution >= 0.6 is 0 Å². The van der Waals surface area contributed by atoms with Crippen LogP contribution in [0.3, 0.4) is 0 Å². The third-order valence-corrected chi connectivity index (χ3v) is 6.03. The number of benzene rings is 1. The Bertz CT molecular complexity index is 1370. The van der Waals surface area contributed by atoms with E-state index in [1.54, 1.807) is 11.1 Å². The van der Waals surface area contributed by atoms with E-state index in [2.05, 4.69) is 32.0 Å². The number of hydrogen-bond acceptors (Lipinski definition) is 6. The Morgan fingerprint density at radius 2 is 1.77 bits per heavy atom. The van der Waals surface area contributed by atoms with Gasteiger partial charge in [0.1, 0.15) is 11.4 Å². The van der Waals surface area contributed by atoms with Crippen molar-refractivity contribution in [1.82, 2.24) is 19.9 Å². The topological polar surface area (TPSA) is 100 Å². The summed E-state index contributed by atoms with van der Waals surface area (Å²) < 4.78 is 5.50. The van der Waals surface area contributed by atoms with E-state index in [0.29, 0.717) is 31.9 Å². The highest BCUT2D eigenvalue weighted by molar-refractivity contribution is 5.84. The normalized spacial score (nSPS) is 14.4. The Morgan fingerprint density at radius 1 is 1.00 bits per heavy atom. The van der Waals surface area contributed by atoms with Crippen molar-refractivity contribution in [2.75, 3.05) is 36.8 Å². The van der Waals surface area contributed by atoms with E-state index in [0.717, 1.165) is 39.2 Å². The largest absolute Gasteiger partial charge is 0.444 e. The van der Waals surface area contributed by atoms with E-state index in [-0.39, 0.29) is 6.09 Å². The molecule has 1 aromatic carbocycles. The fraction of sp³-hybridized carbons (Fsp3) is 0.296. The number of anilines is 2. The molecule has 8 heteroatoms. The third-order valence-electron chi connectivity index (χ3n) is 6.03. The lowest BCUT2D eigenvalue weighted by Gasteiger charge is -2.36. The number of H-pyrrole nitrogens is 1. The lowest BCUT2D eigenvalue weighted by Crippen LogP contribution is -2.50. The second-order valence-electron chi connectivity index (χ2n) is 9.79. The Hall–Kier alpha value is -4.07. The van der Waals surface area contributed by atoms with E-state index >= 15 is 0 Å². The summed E-state index contributed by atoms with van der Waals surface area (Å²) in [6.07, 6.45) is 3.38. The molecule has 35 heavy (non-hydrogen) atoms. The van der Waals surface area contributed by atoms with E-state index < -0.39 is 5.60 Å². The first kappa shape index (κ1) is 22.7. The average molecular weight is 471 g/mol. The van der Waals surface area contributed by atoms with Crippen LogP contribution in [-0.2, 0) is 4.74 Å². The predicted octanol–water partition coefficient (Wildman–Crippen LogP) is 4.93. The number of piperazine rings is 1. The van der Waals surface area contributed by atoms with Crippen molar-refractivity contribution < 1.29 is 9.53 Å². The fourth-order valence-electron chi connectivity index (χ4n) is 4.28. The summed E-state index contributed by atoms with van der Waals surface area (Å²) in [6.45, 7) is 8.14. The maximum absolute atomic E-state index is 12.4.